The van der Waals surface area contributed by atoms with E-state index in [1.807, 2.05) is 0 Å². The van der Waals surface area contributed by atoms with E-state index in [2.05, 4.69) is 16.8 Å². The Morgan fingerprint density at radius 2 is 2.12 bits per heavy atom. The molecule has 1 atom stereocenters. The fourth-order valence-electron chi connectivity index (χ4n) is 3.11. The molecule has 2 heterocycles. The molecular weight excluding hydrogens is 214 g/mol. The van der Waals surface area contributed by atoms with Crippen LogP contribution in [-0.2, 0) is 17.7 Å². The Morgan fingerprint density at radius 1 is 1.29 bits per heavy atom. The summed E-state index contributed by atoms with van der Waals surface area (Å²) in [6.07, 6.45) is 7.46. The Kier molecular flexibility index (Phi) is 3.21. The third kappa shape index (κ3) is 2.26. The number of ether oxygens (including phenoxy) is 1. The van der Waals surface area contributed by atoms with E-state index in [-0.39, 0.29) is 6.10 Å². The lowest BCUT2D eigenvalue weighted by molar-refractivity contribution is 0.0608. The van der Waals surface area contributed by atoms with Gasteiger partial charge in [0.25, 0.3) is 0 Å². The van der Waals surface area contributed by atoms with Crippen molar-refractivity contribution in [1.29, 1.82) is 0 Å². The van der Waals surface area contributed by atoms with E-state index in [4.69, 9.17) is 4.74 Å². The van der Waals surface area contributed by atoms with Crippen molar-refractivity contribution in [3.8, 4) is 0 Å². The maximum Gasteiger partial charge on any atom is 0.0807 e. The average Bonchev–Trinajstić information content (AvgIpc) is 2.76. The van der Waals surface area contributed by atoms with Gasteiger partial charge in [-0.1, -0.05) is 0 Å². The Balaban J connectivity index is 1.74. The number of aliphatic hydroxyl groups is 1. The van der Waals surface area contributed by atoms with Gasteiger partial charge in [-0.3, -0.25) is 0 Å². The van der Waals surface area contributed by atoms with Crippen LogP contribution in [0.3, 0.4) is 0 Å². The fraction of sp³-hybridized carbons (Fsp3) is 0.714. The minimum atomic E-state index is -0.227. The quantitative estimate of drug-likeness (QED) is 0.853. The molecule has 1 aromatic rings. The number of fused-ring (bicyclic) bond motifs is 1. The fourth-order valence-corrected chi connectivity index (χ4v) is 3.11. The molecule has 0 saturated carbocycles. The van der Waals surface area contributed by atoms with E-state index in [0.717, 1.165) is 44.9 Å². The van der Waals surface area contributed by atoms with E-state index in [0.29, 0.717) is 0 Å². The van der Waals surface area contributed by atoms with Crippen molar-refractivity contribution < 1.29 is 9.84 Å². The van der Waals surface area contributed by atoms with Gasteiger partial charge < -0.3 is 14.4 Å². The molecule has 3 heteroatoms. The summed E-state index contributed by atoms with van der Waals surface area (Å²) in [6, 6.07) is 2.11. The van der Waals surface area contributed by atoms with Crippen LogP contribution in [-0.4, -0.2) is 22.9 Å². The number of nitrogens with zero attached hydrogens (tertiary/aromatic N) is 1. The first-order valence-corrected chi connectivity index (χ1v) is 6.78. The van der Waals surface area contributed by atoms with Gasteiger partial charge in [0.1, 0.15) is 0 Å². The SMILES string of the molecule is OC1CCCc2c1ccn2CC1CCOCC1. The van der Waals surface area contributed by atoms with Crippen LogP contribution in [0.15, 0.2) is 12.3 Å². The summed E-state index contributed by atoms with van der Waals surface area (Å²) >= 11 is 0. The maximum atomic E-state index is 9.95. The van der Waals surface area contributed by atoms with Crippen LogP contribution in [0.4, 0.5) is 0 Å². The van der Waals surface area contributed by atoms with Crippen molar-refractivity contribution >= 4 is 0 Å². The Hall–Kier alpha value is -0.800. The molecule has 0 aromatic carbocycles. The van der Waals surface area contributed by atoms with Crippen LogP contribution in [0.5, 0.6) is 0 Å². The number of hydrogen-bond donors (Lipinski definition) is 1. The van der Waals surface area contributed by atoms with Gasteiger partial charge in [0.2, 0.25) is 0 Å². The standard InChI is InChI=1S/C14H21NO2/c16-14-3-1-2-13-12(14)4-7-15(13)10-11-5-8-17-9-6-11/h4,7,11,14,16H,1-3,5-6,8-10H2. The van der Waals surface area contributed by atoms with Crippen molar-refractivity contribution in [3.63, 3.8) is 0 Å². The van der Waals surface area contributed by atoms with Gasteiger partial charge in [-0.25, -0.2) is 0 Å². The van der Waals surface area contributed by atoms with Crippen molar-refractivity contribution in [2.45, 2.75) is 44.8 Å². The second kappa shape index (κ2) is 4.83. The van der Waals surface area contributed by atoms with Crippen molar-refractivity contribution in [2.24, 2.45) is 5.92 Å². The Labute approximate surface area is 102 Å². The van der Waals surface area contributed by atoms with Crippen LogP contribution < -0.4 is 0 Å². The topological polar surface area (TPSA) is 34.4 Å². The zero-order chi connectivity index (χ0) is 11.7. The molecule has 0 amide bonds. The third-order valence-corrected chi connectivity index (χ3v) is 4.16. The Morgan fingerprint density at radius 3 is 2.94 bits per heavy atom. The summed E-state index contributed by atoms with van der Waals surface area (Å²) in [6.45, 7) is 2.93. The normalized spacial score (nSPS) is 25.8. The molecule has 17 heavy (non-hydrogen) atoms. The highest BCUT2D eigenvalue weighted by Crippen LogP contribution is 2.31. The zero-order valence-corrected chi connectivity index (χ0v) is 10.3. The van der Waals surface area contributed by atoms with Gasteiger partial charge in [0.05, 0.1) is 6.10 Å². The van der Waals surface area contributed by atoms with Gasteiger partial charge in [0.15, 0.2) is 0 Å². The largest absolute Gasteiger partial charge is 0.388 e. The molecular formula is C14H21NO2. The van der Waals surface area contributed by atoms with E-state index >= 15 is 0 Å². The van der Waals surface area contributed by atoms with Gasteiger partial charge in [-0.15, -0.1) is 0 Å². The zero-order valence-electron chi connectivity index (χ0n) is 10.3. The molecule has 0 bridgehead atoms. The van der Waals surface area contributed by atoms with E-state index in [1.54, 1.807) is 0 Å². The van der Waals surface area contributed by atoms with Gasteiger partial charge in [0, 0.05) is 37.2 Å². The van der Waals surface area contributed by atoms with Crippen molar-refractivity contribution in [3.05, 3.63) is 23.5 Å². The first-order chi connectivity index (χ1) is 8.34. The summed E-state index contributed by atoms with van der Waals surface area (Å²) in [5, 5.41) is 9.95. The average molecular weight is 235 g/mol. The van der Waals surface area contributed by atoms with Crippen LogP contribution in [0, 0.1) is 5.92 Å². The molecule has 1 fully saturated rings. The van der Waals surface area contributed by atoms with E-state index in [9.17, 15) is 5.11 Å². The van der Waals surface area contributed by atoms with Gasteiger partial charge in [-0.05, 0) is 44.1 Å². The Bertz CT molecular complexity index is 380. The first-order valence-electron chi connectivity index (χ1n) is 6.78. The number of aromatic nitrogens is 1. The van der Waals surface area contributed by atoms with Crippen molar-refractivity contribution in [2.75, 3.05) is 13.2 Å². The molecule has 1 saturated heterocycles. The molecule has 0 radical (unpaired) electrons. The molecule has 3 rings (SSSR count). The number of hydrogen-bond acceptors (Lipinski definition) is 2. The lowest BCUT2D eigenvalue weighted by atomic mass is 9.94. The van der Waals surface area contributed by atoms with Gasteiger partial charge >= 0.3 is 0 Å². The molecule has 3 nitrogen and oxygen atoms in total. The minimum Gasteiger partial charge on any atom is -0.388 e. The van der Waals surface area contributed by atoms with Crippen molar-refractivity contribution in [1.82, 2.24) is 4.57 Å². The summed E-state index contributed by atoms with van der Waals surface area (Å²) in [7, 11) is 0. The summed E-state index contributed by atoms with van der Waals surface area (Å²) < 4.78 is 7.77. The molecule has 1 unspecified atom stereocenters. The van der Waals surface area contributed by atoms with Crippen LogP contribution in [0.1, 0.15) is 43.0 Å². The monoisotopic (exact) mass is 235 g/mol. The number of aliphatic hydroxyl groups excluding tert-OH is 1. The van der Waals surface area contributed by atoms with Crippen LogP contribution >= 0.6 is 0 Å². The molecule has 1 aliphatic heterocycles. The summed E-state index contributed by atoms with van der Waals surface area (Å²) in [5.41, 5.74) is 2.54. The first kappa shape index (κ1) is 11.3. The molecule has 2 aliphatic rings. The molecule has 0 spiro atoms. The molecule has 94 valence electrons. The molecule has 1 aliphatic carbocycles. The molecule has 1 N–H and O–H groups in total. The van der Waals surface area contributed by atoms with Gasteiger partial charge in [-0.2, -0.15) is 0 Å². The summed E-state index contributed by atoms with van der Waals surface area (Å²) in [4.78, 5) is 0. The lowest BCUT2D eigenvalue weighted by Crippen LogP contribution is -2.22. The lowest BCUT2D eigenvalue weighted by Gasteiger charge is -2.25. The van der Waals surface area contributed by atoms with E-state index < -0.39 is 0 Å². The van der Waals surface area contributed by atoms with Crippen LogP contribution in [0.2, 0.25) is 0 Å². The second-order valence-corrected chi connectivity index (χ2v) is 5.33. The predicted molar refractivity (Wildman–Crippen MR) is 65.9 cm³/mol. The van der Waals surface area contributed by atoms with E-state index in [1.165, 1.54) is 24.1 Å². The minimum absolute atomic E-state index is 0.227. The second-order valence-electron chi connectivity index (χ2n) is 5.33. The predicted octanol–water partition coefficient (Wildman–Crippen LogP) is 2.28. The van der Waals surface area contributed by atoms with Crippen LogP contribution in [0.25, 0.3) is 0 Å². The molecule has 1 aromatic heterocycles. The highest BCUT2D eigenvalue weighted by molar-refractivity contribution is 5.27. The summed E-state index contributed by atoms with van der Waals surface area (Å²) in [5.74, 6) is 0.749. The maximum absolute atomic E-state index is 9.95. The smallest absolute Gasteiger partial charge is 0.0807 e. The highest BCUT2D eigenvalue weighted by Gasteiger charge is 2.22. The number of rotatable bonds is 2. The highest BCUT2D eigenvalue weighted by atomic mass is 16.5. The third-order valence-electron chi connectivity index (χ3n) is 4.16.